The van der Waals surface area contributed by atoms with Gasteiger partial charge in [-0.15, -0.1) is 0 Å². The van der Waals surface area contributed by atoms with Crippen molar-refractivity contribution in [3.63, 3.8) is 0 Å². The molecule has 0 radical (unpaired) electrons. The Balaban J connectivity index is 2.39. The number of carboxylic acids is 1. The maximum absolute atomic E-state index is 10.3. The van der Waals surface area contributed by atoms with Crippen LogP contribution in [0.15, 0.2) is 0 Å². The first-order valence-corrected chi connectivity index (χ1v) is 3.98. The fourth-order valence-electron chi connectivity index (χ4n) is 1.15. The van der Waals surface area contributed by atoms with E-state index in [9.17, 15) is 4.79 Å². The Morgan fingerprint density at radius 3 is 2.44 bits per heavy atom. The van der Waals surface area contributed by atoms with Gasteiger partial charge in [0, 0.05) is 4.83 Å². The van der Waals surface area contributed by atoms with Gasteiger partial charge in [-0.2, -0.15) is 0 Å². The summed E-state index contributed by atoms with van der Waals surface area (Å²) in [5.74, 6) is -0.730. The van der Waals surface area contributed by atoms with Crippen LogP contribution in [0.25, 0.3) is 0 Å². The molecule has 0 aromatic carbocycles. The summed E-state index contributed by atoms with van der Waals surface area (Å²) in [6.07, 6.45) is 2.65. The van der Waals surface area contributed by atoms with Gasteiger partial charge in [0.15, 0.2) is 0 Å². The Kier molecular flexibility index (Phi) is 2.11. The van der Waals surface area contributed by atoms with Crippen molar-refractivity contribution in [3.05, 3.63) is 0 Å². The van der Waals surface area contributed by atoms with Crippen molar-refractivity contribution in [2.45, 2.75) is 24.1 Å². The normalized spacial score (nSPS) is 34.8. The van der Waals surface area contributed by atoms with Gasteiger partial charge in [0.05, 0.1) is 5.92 Å². The summed E-state index contributed by atoms with van der Waals surface area (Å²) in [4.78, 5) is 10.8. The van der Waals surface area contributed by atoms with E-state index in [1.54, 1.807) is 0 Å². The van der Waals surface area contributed by atoms with Crippen LogP contribution >= 0.6 is 15.9 Å². The third kappa shape index (κ3) is 1.68. The quantitative estimate of drug-likeness (QED) is 0.642. The molecule has 52 valence electrons. The largest absolute Gasteiger partial charge is 0.481 e. The molecule has 1 saturated carbocycles. The molecule has 0 unspecified atom stereocenters. The highest BCUT2D eigenvalue weighted by atomic mass is 79.9. The maximum atomic E-state index is 10.3. The fourth-order valence-corrected chi connectivity index (χ4v) is 1.87. The van der Waals surface area contributed by atoms with E-state index < -0.39 is 5.97 Å². The molecule has 0 amide bonds. The van der Waals surface area contributed by atoms with Gasteiger partial charge in [0.1, 0.15) is 0 Å². The van der Waals surface area contributed by atoms with Gasteiger partial charge in [-0.1, -0.05) is 15.9 Å². The average molecular weight is 193 g/mol. The number of halogens is 1. The average Bonchev–Trinajstić information content (AvgIpc) is 2.14. The van der Waals surface area contributed by atoms with E-state index in [4.69, 9.17) is 5.11 Å². The summed E-state index contributed by atoms with van der Waals surface area (Å²) in [7, 11) is 0. The summed E-state index contributed by atoms with van der Waals surface area (Å²) >= 11 is 3.38. The smallest absolute Gasteiger partial charge is 0.306 e. The van der Waals surface area contributed by atoms with Crippen LogP contribution < -0.4 is 0 Å². The van der Waals surface area contributed by atoms with Gasteiger partial charge in [0.2, 0.25) is 0 Å². The van der Waals surface area contributed by atoms with Gasteiger partial charge in [0.25, 0.3) is 0 Å². The lowest BCUT2D eigenvalue weighted by molar-refractivity contribution is -0.141. The van der Waals surface area contributed by atoms with Crippen molar-refractivity contribution in [3.8, 4) is 0 Å². The van der Waals surface area contributed by atoms with E-state index in [-0.39, 0.29) is 5.92 Å². The highest BCUT2D eigenvalue weighted by molar-refractivity contribution is 9.09. The van der Waals surface area contributed by atoms with Gasteiger partial charge in [-0.05, 0) is 19.3 Å². The van der Waals surface area contributed by atoms with Crippen LogP contribution in [-0.2, 0) is 4.79 Å². The zero-order valence-corrected chi connectivity index (χ0v) is 6.60. The minimum absolute atomic E-state index is 0.0885. The second-order valence-electron chi connectivity index (χ2n) is 2.45. The van der Waals surface area contributed by atoms with E-state index in [1.165, 1.54) is 0 Å². The Bertz CT molecular complexity index is 124. The first-order valence-electron chi connectivity index (χ1n) is 3.07. The number of carboxylic acid groups (broad SMARTS) is 1. The molecule has 1 aliphatic rings. The van der Waals surface area contributed by atoms with E-state index in [1.807, 2.05) is 0 Å². The van der Waals surface area contributed by atoms with Crippen LogP contribution in [0.3, 0.4) is 0 Å². The molecule has 0 spiro atoms. The topological polar surface area (TPSA) is 37.3 Å². The molecule has 0 aromatic rings. The number of aliphatic carboxylic acids is 1. The number of rotatable bonds is 1. The molecule has 0 aliphatic heterocycles. The van der Waals surface area contributed by atoms with Crippen molar-refractivity contribution in [1.29, 1.82) is 0 Å². The minimum Gasteiger partial charge on any atom is -0.481 e. The summed E-state index contributed by atoms with van der Waals surface area (Å²) in [6.45, 7) is 0. The SMILES string of the molecule is O=C(O)[C@@H]1CC[C@@H](Br)C1. The standard InChI is InChI=1S/C6H9BrO2/c7-5-2-1-4(3-5)6(8)9/h4-5H,1-3H2,(H,8,9)/t4-,5-/m1/s1. The number of alkyl halides is 1. The van der Waals surface area contributed by atoms with Crippen LogP contribution in [0.4, 0.5) is 0 Å². The minimum atomic E-state index is -0.642. The lowest BCUT2D eigenvalue weighted by atomic mass is 10.1. The molecular formula is C6H9BrO2. The zero-order chi connectivity index (χ0) is 6.85. The summed E-state index contributed by atoms with van der Waals surface area (Å²) in [5, 5.41) is 8.51. The monoisotopic (exact) mass is 192 g/mol. The van der Waals surface area contributed by atoms with Crippen molar-refractivity contribution in [1.82, 2.24) is 0 Å². The predicted molar refractivity (Wildman–Crippen MR) is 37.7 cm³/mol. The molecule has 1 N–H and O–H groups in total. The summed E-state index contributed by atoms with van der Waals surface area (Å²) < 4.78 is 0. The highest BCUT2D eigenvalue weighted by Gasteiger charge is 2.27. The second kappa shape index (κ2) is 2.69. The van der Waals surface area contributed by atoms with Crippen LogP contribution in [-0.4, -0.2) is 15.9 Å². The van der Waals surface area contributed by atoms with Crippen LogP contribution in [0.1, 0.15) is 19.3 Å². The molecule has 9 heavy (non-hydrogen) atoms. The molecule has 1 rings (SSSR count). The summed E-state index contributed by atoms with van der Waals surface area (Å²) in [6, 6.07) is 0. The Hall–Kier alpha value is -0.0500. The van der Waals surface area contributed by atoms with E-state index in [0.717, 1.165) is 19.3 Å². The van der Waals surface area contributed by atoms with Gasteiger partial charge in [-0.3, -0.25) is 4.79 Å². The fraction of sp³-hybridized carbons (Fsp3) is 0.833. The molecule has 2 nitrogen and oxygen atoms in total. The molecule has 0 aromatic heterocycles. The van der Waals surface area contributed by atoms with Gasteiger partial charge >= 0.3 is 5.97 Å². The summed E-state index contributed by atoms with van der Waals surface area (Å²) in [5.41, 5.74) is 0. The van der Waals surface area contributed by atoms with Crippen LogP contribution in [0.2, 0.25) is 0 Å². The Labute approximate surface area is 62.4 Å². The maximum Gasteiger partial charge on any atom is 0.306 e. The molecule has 0 heterocycles. The zero-order valence-electron chi connectivity index (χ0n) is 5.01. The first-order chi connectivity index (χ1) is 4.20. The molecular weight excluding hydrogens is 184 g/mol. The molecule has 3 heteroatoms. The number of hydrogen-bond donors (Lipinski definition) is 1. The molecule has 1 fully saturated rings. The lowest BCUT2D eigenvalue weighted by Crippen LogP contribution is -2.09. The third-order valence-corrected chi connectivity index (χ3v) is 2.55. The predicted octanol–water partition coefficient (Wildman–Crippen LogP) is 1.63. The first kappa shape index (κ1) is 7.06. The third-order valence-electron chi connectivity index (χ3n) is 1.72. The van der Waals surface area contributed by atoms with E-state index in [2.05, 4.69) is 15.9 Å². The molecule has 2 atom stereocenters. The van der Waals surface area contributed by atoms with Gasteiger partial charge < -0.3 is 5.11 Å². The van der Waals surface area contributed by atoms with Crippen molar-refractivity contribution in [2.24, 2.45) is 5.92 Å². The molecule has 1 aliphatic carbocycles. The van der Waals surface area contributed by atoms with E-state index in [0.29, 0.717) is 4.83 Å². The second-order valence-corrected chi connectivity index (χ2v) is 3.74. The van der Waals surface area contributed by atoms with Crippen LogP contribution in [0.5, 0.6) is 0 Å². The highest BCUT2D eigenvalue weighted by Crippen LogP contribution is 2.30. The Morgan fingerprint density at radius 2 is 2.22 bits per heavy atom. The van der Waals surface area contributed by atoms with Crippen molar-refractivity contribution < 1.29 is 9.90 Å². The van der Waals surface area contributed by atoms with Crippen molar-refractivity contribution >= 4 is 21.9 Å². The molecule has 0 bridgehead atoms. The van der Waals surface area contributed by atoms with Gasteiger partial charge in [-0.25, -0.2) is 0 Å². The molecule has 0 saturated heterocycles. The lowest BCUT2D eigenvalue weighted by Gasteiger charge is -1.98. The Morgan fingerprint density at radius 1 is 1.56 bits per heavy atom. The number of hydrogen-bond acceptors (Lipinski definition) is 1. The van der Waals surface area contributed by atoms with Crippen molar-refractivity contribution in [2.75, 3.05) is 0 Å². The number of carbonyl (C=O) groups is 1. The van der Waals surface area contributed by atoms with Crippen LogP contribution in [0, 0.1) is 5.92 Å². The van der Waals surface area contributed by atoms with E-state index >= 15 is 0 Å².